The Hall–Kier alpha value is -1.88. The number of benzene rings is 1. The smallest absolute Gasteiger partial charge is 0.243 e. The SMILES string of the molecule is Cc1ccc(NC(=O)CC(=O)NN)c(C)c1. The molecule has 0 atom stereocenters. The van der Waals surface area contributed by atoms with Crippen LogP contribution in [-0.2, 0) is 9.59 Å². The van der Waals surface area contributed by atoms with E-state index in [1.54, 1.807) is 0 Å². The van der Waals surface area contributed by atoms with Gasteiger partial charge in [0.05, 0.1) is 0 Å². The highest BCUT2D eigenvalue weighted by atomic mass is 16.2. The van der Waals surface area contributed by atoms with E-state index >= 15 is 0 Å². The van der Waals surface area contributed by atoms with Crippen molar-refractivity contribution in [2.24, 2.45) is 5.84 Å². The highest BCUT2D eigenvalue weighted by Crippen LogP contribution is 2.15. The van der Waals surface area contributed by atoms with E-state index in [1.165, 1.54) is 0 Å². The lowest BCUT2D eigenvalue weighted by atomic mass is 10.1. The van der Waals surface area contributed by atoms with E-state index in [0.29, 0.717) is 5.69 Å². The molecule has 0 unspecified atom stereocenters. The van der Waals surface area contributed by atoms with Crippen LogP contribution in [0.1, 0.15) is 17.5 Å². The molecule has 0 aliphatic heterocycles. The third kappa shape index (κ3) is 3.36. The van der Waals surface area contributed by atoms with E-state index in [2.05, 4.69) is 5.32 Å². The first-order chi connectivity index (χ1) is 7.52. The molecular formula is C11H15N3O2. The van der Waals surface area contributed by atoms with Gasteiger partial charge in [0.2, 0.25) is 11.8 Å². The Bertz CT molecular complexity index is 416. The second-order valence-corrected chi connectivity index (χ2v) is 3.61. The second-order valence-electron chi connectivity index (χ2n) is 3.61. The number of rotatable bonds is 3. The average Bonchev–Trinajstić information content (AvgIpc) is 2.22. The minimum atomic E-state index is -0.512. The number of nitrogens with two attached hydrogens (primary N) is 1. The van der Waals surface area contributed by atoms with Crippen LogP contribution in [0.3, 0.4) is 0 Å². The molecule has 0 aromatic heterocycles. The molecule has 0 aliphatic rings. The Kier molecular flexibility index (Phi) is 4.02. The van der Waals surface area contributed by atoms with Gasteiger partial charge in [-0.1, -0.05) is 17.7 Å². The van der Waals surface area contributed by atoms with E-state index in [-0.39, 0.29) is 12.3 Å². The van der Waals surface area contributed by atoms with Gasteiger partial charge >= 0.3 is 0 Å². The fraction of sp³-hybridized carbons (Fsp3) is 0.273. The highest BCUT2D eigenvalue weighted by Gasteiger charge is 2.09. The van der Waals surface area contributed by atoms with Gasteiger partial charge in [0.25, 0.3) is 0 Å². The molecule has 0 heterocycles. The van der Waals surface area contributed by atoms with Crippen molar-refractivity contribution < 1.29 is 9.59 Å². The summed E-state index contributed by atoms with van der Waals surface area (Å²) < 4.78 is 0. The van der Waals surface area contributed by atoms with Crippen molar-refractivity contribution in [2.45, 2.75) is 20.3 Å². The van der Waals surface area contributed by atoms with Crippen LogP contribution in [0.15, 0.2) is 18.2 Å². The first kappa shape index (κ1) is 12.2. The molecule has 5 heteroatoms. The molecule has 0 bridgehead atoms. The quantitative estimate of drug-likeness (QED) is 0.303. The largest absolute Gasteiger partial charge is 0.325 e. The maximum atomic E-state index is 11.4. The zero-order valence-electron chi connectivity index (χ0n) is 9.33. The van der Waals surface area contributed by atoms with Crippen molar-refractivity contribution in [3.8, 4) is 0 Å². The van der Waals surface area contributed by atoms with Crippen LogP contribution in [0.2, 0.25) is 0 Å². The van der Waals surface area contributed by atoms with Gasteiger partial charge in [-0.3, -0.25) is 15.0 Å². The molecule has 1 aromatic carbocycles. The molecule has 0 spiro atoms. The molecular weight excluding hydrogens is 206 g/mol. The van der Waals surface area contributed by atoms with Crippen molar-refractivity contribution in [3.05, 3.63) is 29.3 Å². The number of nitrogens with one attached hydrogen (secondary N) is 2. The molecule has 0 aliphatic carbocycles. The van der Waals surface area contributed by atoms with Crippen LogP contribution in [0.4, 0.5) is 5.69 Å². The van der Waals surface area contributed by atoms with Crippen molar-refractivity contribution in [1.29, 1.82) is 0 Å². The summed E-state index contributed by atoms with van der Waals surface area (Å²) in [5, 5.41) is 2.65. The molecule has 2 amide bonds. The summed E-state index contributed by atoms with van der Waals surface area (Å²) in [5.74, 6) is 3.99. The van der Waals surface area contributed by atoms with Gasteiger partial charge in [-0.25, -0.2) is 5.84 Å². The van der Waals surface area contributed by atoms with Gasteiger partial charge in [-0.2, -0.15) is 0 Å². The van der Waals surface area contributed by atoms with Crippen molar-refractivity contribution in [3.63, 3.8) is 0 Å². The van der Waals surface area contributed by atoms with Crippen molar-refractivity contribution in [2.75, 3.05) is 5.32 Å². The minimum absolute atomic E-state index is 0.274. The number of aryl methyl sites for hydroxylation is 2. The van der Waals surface area contributed by atoms with Gasteiger partial charge < -0.3 is 5.32 Å². The number of anilines is 1. The third-order valence-corrected chi connectivity index (χ3v) is 2.14. The number of carbonyl (C=O) groups is 2. The first-order valence-electron chi connectivity index (χ1n) is 4.89. The Morgan fingerprint density at radius 2 is 1.94 bits per heavy atom. The van der Waals surface area contributed by atoms with Crippen LogP contribution < -0.4 is 16.6 Å². The van der Waals surface area contributed by atoms with Crippen LogP contribution in [0.5, 0.6) is 0 Å². The molecule has 1 rings (SSSR count). The summed E-state index contributed by atoms with van der Waals surface area (Å²) in [7, 11) is 0. The van der Waals surface area contributed by atoms with Crippen LogP contribution in [-0.4, -0.2) is 11.8 Å². The van der Waals surface area contributed by atoms with Gasteiger partial charge in [-0.15, -0.1) is 0 Å². The monoisotopic (exact) mass is 221 g/mol. The molecule has 0 saturated heterocycles. The number of hydrazine groups is 1. The lowest BCUT2D eigenvalue weighted by Crippen LogP contribution is -2.33. The second kappa shape index (κ2) is 5.27. The maximum Gasteiger partial charge on any atom is 0.243 e. The Morgan fingerprint density at radius 1 is 1.25 bits per heavy atom. The summed E-state index contributed by atoms with van der Waals surface area (Å²) >= 11 is 0. The maximum absolute atomic E-state index is 11.4. The van der Waals surface area contributed by atoms with E-state index in [9.17, 15) is 9.59 Å². The summed E-state index contributed by atoms with van der Waals surface area (Å²) in [6.07, 6.45) is -0.274. The molecule has 0 radical (unpaired) electrons. The normalized spacial score (nSPS) is 9.69. The van der Waals surface area contributed by atoms with Crippen LogP contribution in [0.25, 0.3) is 0 Å². The fourth-order valence-corrected chi connectivity index (χ4v) is 1.35. The summed E-state index contributed by atoms with van der Waals surface area (Å²) in [6.45, 7) is 3.87. The van der Waals surface area contributed by atoms with Gasteiger partial charge in [-0.05, 0) is 25.5 Å². The standard InChI is InChI=1S/C11H15N3O2/c1-7-3-4-9(8(2)5-7)13-10(15)6-11(16)14-12/h3-5H,6,12H2,1-2H3,(H,13,15)(H,14,16). The Balaban J connectivity index is 2.66. The first-order valence-corrected chi connectivity index (χ1v) is 4.89. The van der Waals surface area contributed by atoms with E-state index in [0.717, 1.165) is 11.1 Å². The van der Waals surface area contributed by atoms with Crippen LogP contribution in [0, 0.1) is 13.8 Å². The Morgan fingerprint density at radius 3 is 2.50 bits per heavy atom. The summed E-state index contributed by atoms with van der Waals surface area (Å²) in [4.78, 5) is 22.2. The third-order valence-electron chi connectivity index (χ3n) is 2.14. The zero-order valence-corrected chi connectivity index (χ0v) is 9.33. The molecule has 4 N–H and O–H groups in total. The number of hydrogen-bond donors (Lipinski definition) is 3. The van der Waals surface area contributed by atoms with Crippen LogP contribution >= 0.6 is 0 Å². The lowest BCUT2D eigenvalue weighted by Gasteiger charge is -2.08. The predicted octanol–water partition coefficient (Wildman–Crippen LogP) is 0.622. The van der Waals surface area contributed by atoms with Gasteiger partial charge in [0.15, 0.2) is 0 Å². The average molecular weight is 221 g/mol. The molecule has 1 aromatic rings. The molecule has 86 valence electrons. The van der Waals surface area contributed by atoms with Crippen molar-refractivity contribution in [1.82, 2.24) is 5.43 Å². The summed E-state index contributed by atoms with van der Waals surface area (Å²) in [6, 6.07) is 5.66. The topological polar surface area (TPSA) is 84.2 Å². The minimum Gasteiger partial charge on any atom is -0.325 e. The fourth-order valence-electron chi connectivity index (χ4n) is 1.35. The van der Waals surface area contributed by atoms with Gasteiger partial charge in [0, 0.05) is 5.69 Å². The predicted molar refractivity (Wildman–Crippen MR) is 61.5 cm³/mol. The number of carbonyl (C=O) groups excluding carboxylic acids is 2. The van der Waals surface area contributed by atoms with Crippen molar-refractivity contribution >= 4 is 17.5 Å². The molecule has 5 nitrogen and oxygen atoms in total. The zero-order chi connectivity index (χ0) is 12.1. The number of hydrogen-bond acceptors (Lipinski definition) is 3. The van der Waals surface area contributed by atoms with E-state index in [1.807, 2.05) is 37.5 Å². The molecule has 0 saturated carbocycles. The van der Waals surface area contributed by atoms with E-state index in [4.69, 9.17) is 5.84 Å². The Labute approximate surface area is 94.0 Å². The lowest BCUT2D eigenvalue weighted by molar-refractivity contribution is -0.126. The number of amides is 2. The molecule has 16 heavy (non-hydrogen) atoms. The van der Waals surface area contributed by atoms with E-state index < -0.39 is 5.91 Å². The molecule has 0 fully saturated rings. The summed E-state index contributed by atoms with van der Waals surface area (Å²) in [5.41, 5.74) is 4.69. The van der Waals surface area contributed by atoms with Gasteiger partial charge in [0.1, 0.15) is 6.42 Å². The highest BCUT2D eigenvalue weighted by molar-refractivity contribution is 6.03.